The van der Waals surface area contributed by atoms with Gasteiger partial charge in [0, 0.05) is 11.4 Å². The summed E-state index contributed by atoms with van der Waals surface area (Å²) in [5.74, 6) is -0.0505. The highest BCUT2D eigenvalue weighted by Gasteiger charge is 2.06. The van der Waals surface area contributed by atoms with Gasteiger partial charge in [-0.15, -0.1) is 0 Å². The predicted octanol–water partition coefficient (Wildman–Crippen LogP) is 4.63. The van der Waals surface area contributed by atoms with Gasteiger partial charge < -0.3 is 5.32 Å². The monoisotopic (exact) mass is 299 g/mol. The summed E-state index contributed by atoms with van der Waals surface area (Å²) >= 11 is 13.4. The number of hydrogen-bond acceptors (Lipinski definition) is 2. The van der Waals surface area contributed by atoms with E-state index in [1.807, 2.05) is 16.8 Å². The second kappa shape index (κ2) is 6.23. The number of nitrogens with one attached hydrogen (secondary N) is 1. The maximum Gasteiger partial charge on any atom is 0.224 e. The number of aryl methyl sites for hydroxylation is 1. The summed E-state index contributed by atoms with van der Waals surface area (Å²) in [6, 6.07) is 7.03. The number of rotatable bonds is 4. The fourth-order valence-corrected chi connectivity index (χ4v) is 2.66. The summed E-state index contributed by atoms with van der Waals surface area (Å²) < 4.78 is 0. The smallest absolute Gasteiger partial charge is 0.224 e. The third-order valence-corrected chi connectivity index (χ3v) is 3.71. The number of anilines is 1. The predicted molar refractivity (Wildman–Crippen MR) is 77.7 cm³/mol. The van der Waals surface area contributed by atoms with Gasteiger partial charge in [0.2, 0.25) is 5.91 Å². The van der Waals surface area contributed by atoms with Crippen molar-refractivity contribution in [3.63, 3.8) is 0 Å². The fraction of sp³-hybridized carbons (Fsp3) is 0.154. The van der Waals surface area contributed by atoms with Crippen LogP contribution in [0.3, 0.4) is 0 Å². The Bertz CT molecular complexity index is 540. The number of benzene rings is 1. The standard InChI is InChI=1S/C13H11Cl2NOS/c14-10-2-3-12(11(15)7-10)16-13(17)4-1-9-5-6-18-8-9/h2-3,5-8H,1,4H2,(H,16,17). The average molecular weight is 300 g/mol. The van der Waals surface area contributed by atoms with E-state index >= 15 is 0 Å². The third kappa shape index (κ3) is 3.73. The van der Waals surface area contributed by atoms with E-state index in [1.165, 1.54) is 5.56 Å². The Morgan fingerprint density at radius 3 is 2.78 bits per heavy atom. The van der Waals surface area contributed by atoms with Gasteiger partial charge in [0.25, 0.3) is 0 Å². The van der Waals surface area contributed by atoms with E-state index in [4.69, 9.17) is 23.2 Å². The van der Waals surface area contributed by atoms with Crippen molar-refractivity contribution >= 4 is 46.1 Å². The molecule has 2 rings (SSSR count). The highest BCUT2D eigenvalue weighted by Crippen LogP contribution is 2.25. The molecule has 0 aliphatic carbocycles. The molecule has 0 saturated heterocycles. The lowest BCUT2D eigenvalue weighted by atomic mass is 10.2. The molecule has 0 spiro atoms. The van der Waals surface area contributed by atoms with E-state index in [-0.39, 0.29) is 5.91 Å². The molecule has 18 heavy (non-hydrogen) atoms. The van der Waals surface area contributed by atoms with Crippen molar-refractivity contribution in [2.75, 3.05) is 5.32 Å². The molecule has 0 aliphatic rings. The molecule has 2 aromatic rings. The minimum atomic E-state index is -0.0505. The van der Waals surface area contributed by atoms with Gasteiger partial charge in [-0.3, -0.25) is 4.79 Å². The Morgan fingerprint density at radius 1 is 1.28 bits per heavy atom. The molecule has 94 valence electrons. The Labute approximate surface area is 120 Å². The summed E-state index contributed by atoms with van der Waals surface area (Å²) in [5, 5.41) is 7.82. The lowest BCUT2D eigenvalue weighted by Gasteiger charge is -2.07. The van der Waals surface area contributed by atoms with Gasteiger partial charge in [-0.25, -0.2) is 0 Å². The average Bonchev–Trinajstić information content (AvgIpc) is 2.83. The molecular weight excluding hydrogens is 289 g/mol. The van der Waals surface area contributed by atoms with E-state index in [0.29, 0.717) is 22.2 Å². The van der Waals surface area contributed by atoms with Crippen LogP contribution in [0.2, 0.25) is 10.0 Å². The molecule has 5 heteroatoms. The van der Waals surface area contributed by atoms with Crippen LogP contribution in [0.25, 0.3) is 0 Å². The zero-order chi connectivity index (χ0) is 13.0. The first-order valence-electron chi connectivity index (χ1n) is 5.41. The molecule has 1 aromatic carbocycles. The van der Waals surface area contributed by atoms with Crippen molar-refractivity contribution in [2.24, 2.45) is 0 Å². The SMILES string of the molecule is O=C(CCc1ccsc1)Nc1ccc(Cl)cc1Cl. The first-order valence-corrected chi connectivity index (χ1v) is 7.11. The minimum absolute atomic E-state index is 0.0505. The van der Waals surface area contributed by atoms with Crippen LogP contribution in [0, 0.1) is 0 Å². The largest absolute Gasteiger partial charge is 0.325 e. The molecule has 0 bridgehead atoms. The first-order chi connectivity index (χ1) is 8.65. The van der Waals surface area contributed by atoms with E-state index in [2.05, 4.69) is 5.32 Å². The normalized spacial score (nSPS) is 10.3. The van der Waals surface area contributed by atoms with Crippen molar-refractivity contribution in [2.45, 2.75) is 12.8 Å². The molecular formula is C13H11Cl2NOS. The molecule has 1 N–H and O–H groups in total. The topological polar surface area (TPSA) is 29.1 Å². The van der Waals surface area contributed by atoms with Crippen molar-refractivity contribution in [3.8, 4) is 0 Å². The second-order valence-corrected chi connectivity index (χ2v) is 5.43. The van der Waals surface area contributed by atoms with Crippen LogP contribution in [0.15, 0.2) is 35.0 Å². The Hall–Kier alpha value is -1.03. The molecule has 1 amide bonds. The quantitative estimate of drug-likeness (QED) is 0.876. The van der Waals surface area contributed by atoms with Crippen molar-refractivity contribution in [1.82, 2.24) is 0 Å². The Morgan fingerprint density at radius 2 is 2.11 bits per heavy atom. The van der Waals surface area contributed by atoms with Crippen molar-refractivity contribution in [3.05, 3.63) is 50.6 Å². The van der Waals surface area contributed by atoms with Crippen LogP contribution < -0.4 is 5.32 Å². The van der Waals surface area contributed by atoms with Crippen LogP contribution >= 0.6 is 34.5 Å². The highest BCUT2D eigenvalue weighted by atomic mass is 35.5. The zero-order valence-corrected chi connectivity index (χ0v) is 11.8. The number of halogens is 2. The summed E-state index contributed by atoms with van der Waals surface area (Å²) in [6.45, 7) is 0. The molecule has 2 nitrogen and oxygen atoms in total. The number of carbonyl (C=O) groups is 1. The fourth-order valence-electron chi connectivity index (χ4n) is 1.50. The van der Waals surface area contributed by atoms with Gasteiger partial charge in [0.15, 0.2) is 0 Å². The summed E-state index contributed by atoms with van der Waals surface area (Å²) in [7, 11) is 0. The zero-order valence-electron chi connectivity index (χ0n) is 9.45. The van der Waals surface area contributed by atoms with Gasteiger partial charge in [-0.05, 0) is 47.0 Å². The van der Waals surface area contributed by atoms with Gasteiger partial charge >= 0.3 is 0 Å². The summed E-state index contributed by atoms with van der Waals surface area (Å²) in [6.07, 6.45) is 1.18. The second-order valence-electron chi connectivity index (χ2n) is 3.80. The van der Waals surface area contributed by atoms with Gasteiger partial charge in [0.05, 0.1) is 10.7 Å². The van der Waals surface area contributed by atoms with Crippen LogP contribution in [-0.4, -0.2) is 5.91 Å². The van der Waals surface area contributed by atoms with Crippen LogP contribution in [0.4, 0.5) is 5.69 Å². The van der Waals surface area contributed by atoms with Crippen molar-refractivity contribution in [1.29, 1.82) is 0 Å². The van der Waals surface area contributed by atoms with Crippen LogP contribution in [0.5, 0.6) is 0 Å². The van der Waals surface area contributed by atoms with Crippen molar-refractivity contribution < 1.29 is 4.79 Å². The van der Waals surface area contributed by atoms with Gasteiger partial charge in [-0.2, -0.15) is 11.3 Å². The third-order valence-electron chi connectivity index (χ3n) is 2.43. The van der Waals surface area contributed by atoms with E-state index in [1.54, 1.807) is 29.5 Å². The number of carbonyl (C=O) groups excluding carboxylic acids is 1. The first kappa shape index (κ1) is 13.4. The number of hydrogen-bond donors (Lipinski definition) is 1. The summed E-state index contributed by atoms with van der Waals surface area (Å²) in [4.78, 5) is 11.7. The molecule has 0 saturated carbocycles. The van der Waals surface area contributed by atoms with E-state index in [0.717, 1.165) is 6.42 Å². The molecule has 0 unspecified atom stereocenters. The molecule has 0 fully saturated rings. The number of thiophene rings is 1. The number of amides is 1. The molecule has 0 radical (unpaired) electrons. The lowest BCUT2D eigenvalue weighted by molar-refractivity contribution is -0.116. The van der Waals surface area contributed by atoms with Gasteiger partial charge in [-0.1, -0.05) is 23.2 Å². The minimum Gasteiger partial charge on any atom is -0.325 e. The maximum atomic E-state index is 11.7. The van der Waals surface area contributed by atoms with Crippen LogP contribution in [0.1, 0.15) is 12.0 Å². The highest BCUT2D eigenvalue weighted by molar-refractivity contribution is 7.07. The summed E-state index contributed by atoms with van der Waals surface area (Å²) in [5.41, 5.74) is 1.77. The molecule has 1 heterocycles. The molecule has 0 aliphatic heterocycles. The Kier molecular flexibility index (Phi) is 4.64. The molecule has 1 aromatic heterocycles. The maximum absolute atomic E-state index is 11.7. The van der Waals surface area contributed by atoms with Crippen LogP contribution in [-0.2, 0) is 11.2 Å². The van der Waals surface area contributed by atoms with Gasteiger partial charge in [0.1, 0.15) is 0 Å². The molecule has 0 atom stereocenters. The van der Waals surface area contributed by atoms with E-state index < -0.39 is 0 Å². The lowest BCUT2D eigenvalue weighted by Crippen LogP contribution is -2.12. The Balaban J connectivity index is 1.91. The van der Waals surface area contributed by atoms with E-state index in [9.17, 15) is 4.79 Å².